The van der Waals surface area contributed by atoms with E-state index in [1.54, 1.807) is 6.07 Å². The number of halogens is 2. The Morgan fingerprint density at radius 2 is 2.04 bits per heavy atom. The van der Waals surface area contributed by atoms with E-state index in [0.29, 0.717) is 5.02 Å². The van der Waals surface area contributed by atoms with Crippen LogP contribution in [0.3, 0.4) is 0 Å². The highest BCUT2D eigenvalue weighted by molar-refractivity contribution is 6.35. The van der Waals surface area contributed by atoms with E-state index in [1.807, 2.05) is 0 Å². The number of amides is 1. The third-order valence-electron chi connectivity index (χ3n) is 2.84. The average molecular weight is 383 g/mol. The first-order valence-corrected chi connectivity index (χ1v) is 7.47. The fourth-order valence-electron chi connectivity index (χ4n) is 1.70. The number of benzene rings is 2. The highest BCUT2D eigenvalue weighted by atomic mass is 35.5. The molecule has 0 atom stereocenters. The Balaban J connectivity index is 1.90. The molecule has 0 saturated heterocycles. The quantitative estimate of drug-likeness (QED) is 0.467. The molecule has 0 aliphatic rings. The van der Waals surface area contributed by atoms with Crippen LogP contribution < -0.4 is 15.3 Å². The van der Waals surface area contributed by atoms with Crippen molar-refractivity contribution in [2.75, 3.05) is 6.61 Å². The number of ether oxygens (including phenoxy) is 1. The number of nitrogens with one attached hydrogen (secondary N) is 1. The summed E-state index contributed by atoms with van der Waals surface area (Å²) in [7, 11) is 0. The summed E-state index contributed by atoms with van der Waals surface area (Å²) in [5.41, 5.74) is 1.90. The SMILES string of the molecule is O=C(COc1ccc(Cl)cc1Cl)N/N=C\c1ccc([O-])c([N+](=O)[O-])c1. The molecule has 2 aromatic carbocycles. The Bertz CT molecular complexity index is 842. The number of carbonyl (C=O) groups is 1. The molecule has 0 radical (unpaired) electrons. The fourth-order valence-corrected chi connectivity index (χ4v) is 2.17. The number of nitrogens with zero attached hydrogens (tertiary/aromatic N) is 2. The third-order valence-corrected chi connectivity index (χ3v) is 3.37. The van der Waals surface area contributed by atoms with Gasteiger partial charge in [-0.3, -0.25) is 14.9 Å². The van der Waals surface area contributed by atoms with E-state index in [1.165, 1.54) is 24.4 Å². The van der Waals surface area contributed by atoms with Crippen LogP contribution in [0.1, 0.15) is 5.56 Å². The highest BCUT2D eigenvalue weighted by Crippen LogP contribution is 2.27. The molecule has 8 nitrogen and oxygen atoms in total. The first-order chi connectivity index (χ1) is 11.9. The Hall–Kier alpha value is -2.84. The monoisotopic (exact) mass is 382 g/mol. The molecule has 2 aromatic rings. The summed E-state index contributed by atoms with van der Waals surface area (Å²) >= 11 is 11.6. The zero-order valence-electron chi connectivity index (χ0n) is 12.4. The number of nitro benzene ring substituents is 1. The molecule has 1 amide bonds. The van der Waals surface area contributed by atoms with Gasteiger partial charge in [-0.15, -0.1) is 0 Å². The summed E-state index contributed by atoms with van der Waals surface area (Å²) in [5.74, 6) is -0.997. The summed E-state index contributed by atoms with van der Waals surface area (Å²) in [6.07, 6.45) is 1.17. The molecule has 0 unspecified atom stereocenters. The Labute approximate surface area is 151 Å². The number of hydrogen-bond donors (Lipinski definition) is 1. The lowest BCUT2D eigenvalue weighted by Crippen LogP contribution is -2.24. The van der Waals surface area contributed by atoms with Gasteiger partial charge in [-0.1, -0.05) is 35.3 Å². The number of carbonyl (C=O) groups excluding carboxylic acids is 1. The molecular formula is C15H10Cl2N3O5-. The van der Waals surface area contributed by atoms with Crippen LogP contribution in [-0.4, -0.2) is 23.7 Å². The molecule has 0 aliphatic carbocycles. The normalized spacial score (nSPS) is 10.6. The Morgan fingerprint density at radius 1 is 1.28 bits per heavy atom. The van der Waals surface area contributed by atoms with Crippen LogP contribution in [0.5, 0.6) is 11.5 Å². The van der Waals surface area contributed by atoms with Gasteiger partial charge in [0.25, 0.3) is 11.6 Å². The Morgan fingerprint density at radius 3 is 2.72 bits per heavy atom. The Kier molecular flexibility index (Phi) is 6.15. The van der Waals surface area contributed by atoms with E-state index in [9.17, 15) is 20.0 Å². The molecule has 2 rings (SSSR count). The summed E-state index contributed by atoms with van der Waals surface area (Å²) in [5, 5.41) is 26.3. The van der Waals surface area contributed by atoms with Crippen LogP contribution in [0.2, 0.25) is 10.0 Å². The van der Waals surface area contributed by atoms with Crippen LogP contribution in [0.4, 0.5) is 5.69 Å². The van der Waals surface area contributed by atoms with E-state index in [4.69, 9.17) is 27.9 Å². The first kappa shape index (κ1) is 18.5. The minimum atomic E-state index is -0.790. The van der Waals surface area contributed by atoms with Gasteiger partial charge < -0.3 is 9.84 Å². The van der Waals surface area contributed by atoms with Crippen LogP contribution in [-0.2, 0) is 4.79 Å². The molecule has 0 fully saturated rings. The van der Waals surface area contributed by atoms with E-state index < -0.39 is 22.3 Å². The lowest BCUT2D eigenvalue weighted by molar-refractivity contribution is -0.398. The molecule has 10 heteroatoms. The lowest BCUT2D eigenvalue weighted by Gasteiger charge is -2.07. The van der Waals surface area contributed by atoms with Crippen LogP contribution >= 0.6 is 23.2 Å². The van der Waals surface area contributed by atoms with Gasteiger partial charge in [0.2, 0.25) is 0 Å². The maximum Gasteiger partial charge on any atom is 0.277 e. The average Bonchev–Trinajstić information content (AvgIpc) is 2.55. The zero-order valence-corrected chi connectivity index (χ0v) is 14.0. The minimum absolute atomic E-state index is 0.258. The smallest absolute Gasteiger partial charge is 0.277 e. The van der Waals surface area contributed by atoms with Gasteiger partial charge in [0.1, 0.15) is 5.75 Å². The molecule has 25 heavy (non-hydrogen) atoms. The summed E-state index contributed by atoms with van der Waals surface area (Å²) in [4.78, 5) is 21.5. The predicted octanol–water partition coefficient (Wildman–Crippen LogP) is 2.50. The second-order valence-electron chi connectivity index (χ2n) is 4.64. The van der Waals surface area contributed by atoms with Crippen molar-refractivity contribution >= 4 is 41.0 Å². The second kappa shape index (κ2) is 8.32. The second-order valence-corrected chi connectivity index (χ2v) is 5.48. The van der Waals surface area contributed by atoms with Crippen LogP contribution in [0.15, 0.2) is 41.5 Å². The molecule has 0 saturated carbocycles. The molecule has 130 valence electrons. The van der Waals surface area contributed by atoms with Crippen molar-refractivity contribution in [3.63, 3.8) is 0 Å². The summed E-state index contributed by atoms with van der Waals surface area (Å²) < 4.78 is 5.22. The van der Waals surface area contributed by atoms with Crippen molar-refractivity contribution in [2.24, 2.45) is 5.10 Å². The van der Waals surface area contributed by atoms with Gasteiger partial charge >= 0.3 is 0 Å². The summed E-state index contributed by atoms with van der Waals surface area (Å²) in [6, 6.07) is 8.00. The molecular weight excluding hydrogens is 373 g/mol. The van der Waals surface area contributed by atoms with Gasteiger partial charge in [0.05, 0.1) is 16.2 Å². The standard InChI is InChI=1S/C15H11Cl2N3O5/c16-10-2-4-14(11(17)6-10)25-8-15(22)19-18-7-9-1-3-13(21)12(5-9)20(23)24/h1-7,21H,8H2,(H,19,22)/p-1/b18-7-. The molecule has 0 bridgehead atoms. The zero-order chi connectivity index (χ0) is 18.4. The van der Waals surface area contributed by atoms with Gasteiger partial charge in [-0.25, -0.2) is 5.43 Å². The minimum Gasteiger partial charge on any atom is -0.868 e. The molecule has 1 N–H and O–H groups in total. The number of nitro groups is 1. The van der Waals surface area contributed by atoms with Gasteiger partial charge in [-0.05, 0) is 23.9 Å². The van der Waals surface area contributed by atoms with E-state index in [0.717, 1.165) is 12.1 Å². The maximum absolute atomic E-state index is 11.6. The number of hydrazone groups is 1. The van der Waals surface area contributed by atoms with E-state index in [2.05, 4.69) is 10.5 Å². The molecule has 0 heterocycles. The molecule has 0 aromatic heterocycles. The van der Waals surface area contributed by atoms with Gasteiger partial charge in [-0.2, -0.15) is 5.10 Å². The first-order valence-electron chi connectivity index (χ1n) is 6.72. The molecule has 0 aliphatic heterocycles. The van der Waals surface area contributed by atoms with Crippen molar-refractivity contribution in [1.29, 1.82) is 0 Å². The van der Waals surface area contributed by atoms with Gasteiger partial charge in [0, 0.05) is 16.7 Å². The van der Waals surface area contributed by atoms with Crippen molar-refractivity contribution in [3.05, 3.63) is 62.1 Å². The largest absolute Gasteiger partial charge is 0.868 e. The van der Waals surface area contributed by atoms with E-state index in [-0.39, 0.29) is 22.9 Å². The maximum atomic E-state index is 11.6. The highest BCUT2D eigenvalue weighted by Gasteiger charge is 2.08. The lowest BCUT2D eigenvalue weighted by atomic mass is 10.2. The number of hydrogen-bond acceptors (Lipinski definition) is 6. The van der Waals surface area contributed by atoms with Crippen molar-refractivity contribution in [1.82, 2.24) is 5.43 Å². The van der Waals surface area contributed by atoms with Gasteiger partial charge in [0.15, 0.2) is 6.61 Å². The summed E-state index contributed by atoms with van der Waals surface area (Å²) in [6.45, 7) is -0.349. The van der Waals surface area contributed by atoms with Crippen LogP contribution in [0, 0.1) is 10.1 Å². The van der Waals surface area contributed by atoms with Crippen LogP contribution in [0.25, 0.3) is 0 Å². The van der Waals surface area contributed by atoms with Crippen molar-refractivity contribution < 1.29 is 19.6 Å². The van der Waals surface area contributed by atoms with E-state index >= 15 is 0 Å². The fraction of sp³-hybridized carbons (Fsp3) is 0.0667. The third kappa shape index (κ3) is 5.33. The topological polar surface area (TPSA) is 117 Å². The number of rotatable bonds is 6. The van der Waals surface area contributed by atoms with Crippen molar-refractivity contribution in [3.8, 4) is 11.5 Å². The predicted molar refractivity (Wildman–Crippen MR) is 90.2 cm³/mol. The van der Waals surface area contributed by atoms with Crippen molar-refractivity contribution in [2.45, 2.75) is 0 Å². The molecule has 0 spiro atoms.